The van der Waals surface area contributed by atoms with Crippen molar-refractivity contribution in [1.82, 2.24) is 4.90 Å². The molecule has 1 heterocycles. The van der Waals surface area contributed by atoms with E-state index in [0.717, 1.165) is 6.42 Å². The molecule has 0 aromatic rings. The molecule has 0 N–H and O–H groups in total. The minimum absolute atomic E-state index is 0.210. The lowest BCUT2D eigenvalue weighted by Crippen LogP contribution is -2.36. The van der Waals surface area contributed by atoms with Crippen LogP contribution in [0.25, 0.3) is 0 Å². The van der Waals surface area contributed by atoms with Crippen LogP contribution in [0.5, 0.6) is 0 Å². The summed E-state index contributed by atoms with van der Waals surface area (Å²) in [6.45, 7) is 7.95. The maximum absolute atomic E-state index is 11.3. The fourth-order valence-electron chi connectivity index (χ4n) is 2.48. The topological polar surface area (TPSA) is 20.3 Å². The number of likely N-dealkylation sites (tertiary alicyclic amines) is 1. The summed E-state index contributed by atoms with van der Waals surface area (Å²) >= 11 is 0. The Hall–Kier alpha value is -0.370. The molecule has 1 aliphatic heterocycles. The lowest BCUT2D eigenvalue weighted by molar-refractivity contribution is -0.121. The fraction of sp³-hybridized carbons (Fsp3) is 0.929. The molecule has 0 aromatic carbocycles. The van der Waals surface area contributed by atoms with E-state index in [4.69, 9.17) is 0 Å². The highest BCUT2D eigenvalue weighted by molar-refractivity contribution is 5.81. The van der Waals surface area contributed by atoms with Gasteiger partial charge in [-0.15, -0.1) is 0 Å². The Balaban J connectivity index is 0.00000106. The molecular weight excluding hydrogens is 198 g/mol. The van der Waals surface area contributed by atoms with E-state index in [1.807, 2.05) is 13.8 Å². The molecule has 1 rings (SSSR count). The van der Waals surface area contributed by atoms with E-state index in [1.54, 1.807) is 6.92 Å². The number of carbonyl (C=O) groups excluding carboxylic acids is 1. The zero-order chi connectivity index (χ0) is 12.6. The minimum atomic E-state index is 0.210. The molecule has 2 heteroatoms. The number of carbonyl (C=O) groups is 1. The molecule has 1 fully saturated rings. The number of hydrogen-bond acceptors (Lipinski definition) is 2. The number of likely N-dealkylation sites (N-methyl/N-ethyl adjacent to an activating group) is 1. The first kappa shape index (κ1) is 15.6. The average molecular weight is 227 g/mol. The normalized spacial score (nSPS) is 25.1. The van der Waals surface area contributed by atoms with Gasteiger partial charge in [-0.2, -0.15) is 0 Å². The van der Waals surface area contributed by atoms with Crippen LogP contribution >= 0.6 is 0 Å². The van der Waals surface area contributed by atoms with Gasteiger partial charge in [0.2, 0.25) is 0 Å². The van der Waals surface area contributed by atoms with Gasteiger partial charge in [-0.3, -0.25) is 9.69 Å². The molecule has 1 aliphatic rings. The Morgan fingerprint density at radius 1 is 1.25 bits per heavy atom. The lowest BCUT2D eigenvalue weighted by Gasteiger charge is -2.23. The second kappa shape index (κ2) is 8.74. The van der Waals surface area contributed by atoms with Gasteiger partial charge in [0.25, 0.3) is 0 Å². The number of nitrogens with zero attached hydrogens (tertiary/aromatic N) is 1. The van der Waals surface area contributed by atoms with Crippen LogP contribution in [0.4, 0.5) is 0 Å². The zero-order valence-corrected chi connectivity index (χ0v) is 11.8. The van der Waals surface area contributed by atoms with Crippen LogP contribution in [0.1, 0.15) is 66.2 Å². The van der Waals surface area contributed by atoms with Crippen LogP contribution in [-0.2, 0) is 4.79 Å². The summed E-state index contributed by atoms with van der Waals surface area (Å²) in [5, 5.41) is 0. The summed E-state index contributed by atoms with van der Waals surface area (Å²) < 4.78 is 0. The molecule has 0 radical (unpaired) electrons. The van der Waals surface area contributed by atoms with E-state index < -0.39 is 0 Å². The molecule has 16 heavy (non-hydrogen) atoms. The molecule has 0 bridgehead atoms. The average Bonchev–Trinajstić information content (AvgIpc) is 2.64. The summed E-state index contributed by atoms with van der Waals surface area (Å²) in [5.74, 6) is 0.338. The monoisotopic (exact) mass is 227 g/mol. The molecular formula is C14H29NO. The van der Waals surface area contributed by atoms with Gasteiger partial charge >= 0.3 is 0 Å². The molecule has 0 aromatic heterocycles. The smallest absolute Gasteiger partial charge is 0.146 e. The van der Waals surface area contributed by atoms with Gasteiger partial charge in [0.1, 0.15) is 5.78 Å². The SMILES string of the molecule is CC.CCCCCC1CCC(C(C)=O)N1C. The third-order valence-corrected chi connectivity index (χ3v) is 3.45. The fourth-order valence-corrected chi connectivity index (χ4v) is 2.48. The van der Waals surface area contributed by atoms with Gasteiger partial charge in [-0.25, -0.2) is 0 Å². The van der Waals surface area contributed by atoms with E-state index in [-0.39, 0.29) is 6.04 Å². The third-order valence-electron chi connectivity index (χ3n) is 3.45. The van der Waals surface area contributed by atoms with E-state index in [9.17, 15) is 4.79 Å². The highest BCUT2D eigenvalue weighted by Crippen LogP contribution is 2.26. The van der Waals surface area contributed by atoms with Crippen molar-refractivity contribution < 1.29 is 4.79 Å². The predicted octanol–water partition coefficient (Wildman–Crippen LogP) is 3.64. The maximum Gasteiger partial charge on any atom is 0.146 e. The van der Waals surface area contributed by atoms with Crippen molar-refractivity contribution in [1.29, 1.82) is 0 Å². The Labute approximate surface area is 101 Å². The number of ketones is 1. The number of Topliss-reactive ketones (excluding diaryl/α,β-unsaturated/α-hetero) is 1. The molecule has 2 atom stereocenters. The summed E-state index contributed by atoms with van der Waals surface area (Å²) in [6, 6.07) is 0.872. The summed E-state index contributed by atoms with van der Waals surface area (Å²) in [5.41, 5.74) is 0. The molecule has 2 nitrogen and oxygen atoms in total. The number of hydrogen-bond donors (Lipinski definition) is 0. The van der Waals surface area contributed by atoms with E-state index in [2.05, 4.69) is 18.9 Å². The highest BCUT2D eigenvalue weighted by atomic mass is 16.1. The molecule has 2 unspecified atom stereocenters. The van der Waals surface area contributed by atoms with E-state index in [1.165, 1.54) is 32.1 Å². The van der Waals surface area contributed by atoms with Crippen LogP contribution in [0.2, 0.25) is 0 Å². The van der Waals surface area contributed by atoms with Gasteiger partial charge in [0.15, 0.2) is 0 Å². The first-order valence-electron chi connectivity index (χ1n) is 6.89. The second-order valence-electron chi connectivity index (χ2n) is 4.52. The largest absolute Gasteiger partial charge is 0.298 e. The highest BCUT2D eigenvalue weighted by Gasteiger charge is 2.32. The van der Waals surface area contributed by atoms with Crippen LogP contribution < -0.4 is 0 Å². The quantitative estimate of drug-likeness (QED) is 0.668. The van der Waals surface area contributed by atoms with Crippen molar-refractivity contribution in [2.24, 2.45) is 0 Å². The molecule has 0 saturated carbocycles. The molecule has 0 amide bonds. The second-order valence-corrected chi connectivity index (χ2v) is 4.52. The van der Waals surface area contributed by atoms with Crippen molar-refractivity contribution in [3.05, 3.63) is 0 Å². The van der Waals surface area contributed by atoms with Gasteiger partial charge in [0, 0.05) is 6.04 Å². The summed E-state index contributed by atoms with van der Waals surface area (Å²) in [7, 11) is 2.11. The maximum atomic E-state index is 11.3. The van der Waals surface area contributed by atoms with Gasteiger partial charge in [0.05, 0.1) is 6.04 Å². The zero-order valence-electron chi connectivity index (χ0n) is 11.8. The molecule has 96 valence electrons. The van der Waals surface area contributed by atoms with Crippen molar-refractivity contribution >= 4 is 5.78 Å². The standard InChI is InChI=1S/C12H23NO.C2H6/c1-4-5-6-7-11-8-9-12(10(2)14)13(11)3;1-2/h11-12H,4-9H2,1-3H3;1-2H3. The molecule has 0 aliphatic carbocycles. The lowest BCUT2D eigenvalue weighted by atomic mass is 10.1. The Morgan fingerprint density at radius 3 is 2.31 bits per heavy atom. The van der Waals surface area contributed by atoms with Crippen molar-refractivity contribution in [2.45, 2.75) is 78.3 Å². The van der Waals surface area contributed by atoms with Gasteiger partial charge in [-0.05, 0) is 33.2 Å². The Morgan fingerprint density at radius 2 is 1.88 bits per heavy atom. The van der Waals surface area contributed by atoms with Gasteiger partial charge < -0.3 is 0 Å². The van der Waals surface area contributed by atoms with Crippen LogP contribution in [0.15, 0.2) is 0 Å². The third kappa shape index (κ3) is 4.65. The van der Waals surface area contributed by atoms with Crippen molar-refractivity contribution in [3.8, 4) is 0 Å². The number of rotatable bonds is 5. The summed E-state index contributed by atoms with van der Waals surface area (Å²) in [4.78, 5) is 13.6. The Kier molecular flexibility index (Phi) is 8.54. The van der Waals surface area contributed by atoms with Crippen molar-refractivity contribution in [3.63, 3.8) is 0 Å². The van der Waals surface area contributed by atoms with E-state index in [0.29, 0.717) is 11.8 Å². The van der Waals surface area contributed by atoms with Gasteiger partial charge in [-0.1, -0.05) is 40.0 Å². The molecule has 1 saturated heterocycles. The predicted molar refractivity (Wildman–Crippen MR) is 70.7 cm³/mol. The minimum Gasteiger partial charge on any atom is -0.298 e. The number of unbranched alkanes of at least 4 members (excludes halogenated alkanes) is 2. The van der Waals surface area contributed by atoms with Crippen LogP contribution in [0.3, 0.4) is 0 Å². The van der Waals surface area contributed by atoms with Crippen LogP contribution in [-0.4, -0.2) is 29.8 Å². The Bertz CT molecular complexity index is 191. The van der Waals surface area contributed by atoms with Crippen LogP contribution in [0, 0.1) is 0 Å². The van der Waals surface area contributed by atoms with E-state index >= 15 is 0 Å². The van der Waals surface area contributed by atoms with Crippen molar-refractivity contribution in [2.75, 3.05) is 7.05 Å². The summed E-state index contributed by atoms with van der Waals surface area (Å²) in [6.07, 6.45) is 7.49. The first-order valence-corrected chi connectivity index (χ1v) is 6.89. The molecule has 0 spiro atoms. The first-order chi connectivity index (χ1) is 7.66.